The van der Waals surface area contributed by atoms with E-state index in [1.807, 2.05) is 0 Å². The monoisotopic (exact) mass is 453 g/mol. The smallest absolute Gasteiger partial charge is 0.261 e. The molecule has 0 spiro atoms. The van der Waals surface area contributed by atoms with Gasteiger partial charge >= 0.3 is 0 Å². The molecule has 0 aliphatic carbocycles. The second kappa shape index (κ2) is 8.80. The van der Waals surface area contributed by atoms with E-state index < -0.39 is 21.7 Å². The van der Waals surface area contributed by atoms with E-state index in [0.717, 1.165) is 18.6 Å². The van der Waals surface area contributed by atoms with Crippen molar-refractivity contribution in [1.82, 2.24) is 0 Å². The van der Waals surface area contributed by atoms with E-state index in [4.69, 9.17) is 0 Å². The molecule has 0 radical (unpaired) electrons. The van der Waals surface area contributed by atoms with Crippen molar-refractivity contribution in [1.29, 1.82) is 0 Å². The summed E-state index contributed by atoms with van der Waals surface area (Å²) in [7, 11) is -3.98. The highest BCUT2D eigenvalue weighted by molar-refractivity contribution is 7.92. The molecule has 1 aliphatic rings. The molecule has 0 aromatic heterocycles. The minimum absolute atomic E-state index is 0.0417. The molecule has 164 valence electrons. The molecule has 0 bridgehead atoms. The minimum atomic E-state index is -3.98. The van der Waals surface area contributed by atoms with Crippen molar-refractivity contribution in [3.63, 3.8) is 0 Å². The number of hydrogen-bond donors (Lipinski definition) is 2. The number of sulfonamides is 1. The van der Waals surface area contributed by atoms with Crippen LogP contribution in [0.2, 0.25) is 0 Å². The van der Waals surface area contributed by atoms with E-state index in [0.29, 0.717) is 24.3 Å². The van der Waals surface area contributed by atoms with Crippen LogP contribution in [0.3, 0.4) is 0 Å². The maximum absolute atomic E-state index is 13.1. The zero-order valence-corrected chi connectivity index (χ0v) is 17.7. The van der Waals surface area contributed by atoms with Gasteiger partial charge in [-0.3, -0.25) is 14.3 Å². The quantitative estimate of drug-likeness (QED) is 0.590. The Hall–Kier alpha value is -3.72. The van der Waals surface area contributed by atoms with Gasteiger partial charge in [0.1, 0.15) is 5.82 Å². The van der Waals surface area contributed by atoms with E-state index in [-0.39, 0.29) is 22.1 Å². The van der Waals surface area contributed by atoms with Crippen LogP contribution < -0.4 is 14.9 Å². The van der Waals surface area contributed by atoms with Gasteiger partial charge in [0.05, 0.1) is 4.90 Å². The number of rotatable bonds is 6. The van der Waals surface area contributed by atoms with E-state index in [2.05, 4.69) is 10.0 Å². The lowest BCUT2D eigenvalue weighted by Gasteiger charge is -2.17. The summed E-state index contributed by atoms with van der Waals surface area (Å²) in [5.41, 5.74) is 1.54. The number of amides is 2. The maximum Gasteiger partial charge on any atom is 0.261 e. The number of nitrogens with one attached hydrogen (secondary N) is 2. The number of carbonyl (C=O) groups is 2. The molecule has 3 aromatic carbocycles. The Labute approximate surface area is 184 Å². The summed E-state index contributed by atoms with van der Waals surface area (Å²) in [6.07, 6.45) is 1.30. The van der Waals surface area contributed by atoms with E-state index in [1.54, 1.807) is 29.2 Å². The van der Waals surface area contributed by atoms with Crippen LogP contribution in [0.25, 0.3) is 0 Å². The molecule has 9 heteroatoms. The number of hydrogen-bond acceptors (Lipinski definition) is 4. The van der Waals surface area contributed by atoms with Gasteiger partial charge in [-0.15, -0.1) is 0 Å². The lowest BCUT2D eigenvalue weighted by Crippen LogP contribution is -2.23. The molecule has 0 unspecified atom stereocenters. The third kappa shape index (κ3) is 4.78. The van der Waals surface area contributed by atoms with Crippen LogP contribution >= 0.6 is 0 Å². The van der Waals surface area contributed by atoms with Crippen molar-refractivity contribution in [2.24, 2.45) is 0 Å². The van der Waals surface area contributed by atoms with Gasteiger partial charge in [0.15, 0.2) is 0 Å². The number of anilines is 3. The van der Waals surface area contributed by atoms with E-state index in [1.165, 1.54) is 36.4 Å². The van der Waals surface area contributed by atoms with Crippen molar-refractivity contribution in [2.45, 2.75) is 17.7 Å². The molecular formula is C23H20FN3O4S. The summed E-state index contributed by atoms with van der Waals surface area (Å²) in [5, 5.41) is 2.74. The number of benzene rings is 3. The topological polar surface area (TPSA) is 95.6 Å². The van der Waals surface area contributed by atoms with Crippen molar-refractivity contribution in [2.75, 3.05) is 21.5 Å². The third-order valence-corrected chi connectivity index (χ3v) is 6.37. The fraction of sp³-hybridized carbons (Fsp3) is 0.130. The molecule has 0 atom stereocenters. The van der Waals surface area contributed by atoms with Gasteiger partial charge in [0, 0.05) is 35.6 Å². The standard InChI is InChI=1S/C23H20FN3O4S/c24-17-9-11-18(12-10-17)26-32(30,31)21-7-1-4-16(14-21)23(29)25-19-5-2-6-20(15-19)27-13-3-8-22(27)28/h1-2,4-7,9-12,14-15,26H,3,8,13H2,(H,25,29). The zero-order chi connectivity index (χ0) is 22.7. The largest absolute Gasteiger partial charge is 0.322 e. The normalized spacial score (nSPS) is 13.8. The number of halogens is 1. The molecule has 4 rings (SSSR count). The number of carbonyl (C=O) groups excluding carboxylic acids is 2. The Morgan fingerprint density at radius 3 is 2.41 bits per heavy atom. The van der Waals surface area contributed by atoms with Crippen LogP contribution in [0.4, 0.5) is 21.5 Å². The predicted molar refractivity (Wildman–Crippen MR) is 120 cm³/mol. The Kier molecular flexibility index (Phi) is 5.91. The van der Waals surface area contributed by atoms with Gasteiger partial charge in [-0.2, -0.15) is 0 Å². The van der Waals surface area contributed by atoms with Crippen LogP contribution in [0.1, 0.15) is 23.2 Å². The van der Waals surface area contributed by atoms with Crippen LogP contribution in [0.15, 0.2) is 77.7 Å². The Morgan fingerprint density at radius 1 is 0.938 bits per heavy atom. The molecule has 3 aromatic rings. The molecule has 1 fully saturated rings. The highest BCUT2D eigenvalue weighted by atomic mass is 32.2. The zero-order valence-electron chi connectivity index (χ0n) is 16.9. The van der Waals surface area contributed by atoms with Gasteiger partial charge in [0.2, 0.25) is 5.91 Å². The Balaban J connectivity index is 1.51. The van der Waals surface area contributed by atoms with Gasteiger partial charge in [0.25, 0.3) is 15.9 Å². The van der Waals surface area contributed by atoms with Crippen LogP contribution in [0.5, 0.6) is 0 Å². The van der Waals surface area contributed by atoms with Gasteiger partial charge in [-0.05, 0) is 67.1 Å². The van der Waals surface area contributed by atoms with E-state index >= 15 is 0 Å². The molecule has 1 saturated heterocycles. The second-order valence-corrected chi connectivity index (χ2v) is 8.98. The lowest BCUT2D eigenvalue weighted by atomic mass is 10.2. The highest BCUT2D eigenvalue weighted by Gasteiger charge is 2.22. The molecule has 1 heterocycles. The summed E-state index contributed by atoms with van der Waals surface area (Å²) in [6.45, 7) is 0.636. The first-order chi connectivity index (χ1) is 15.3. The third-order valence-electron chi connectivity index (χ3n) is 4.99. The first-order valence-corrected chi connectivity index (χ1v) is 11.4. The van der Waals surface area contributed by atoms with Crippen molar-refractivity contribution >= 4 is 38.9 Å². The molecule has 2 amide bonds. The van der Waals surface area contributed by atoms with Gasteiger partial charge in [-0.1, -0.05) is 12.1 Å². The minimum Gasteiger partial charge on any atom is -0.322 e. The fourth-order valence-corrected chi connectivity index (χ4v) is 4.52. The maximum atomic E-state index is 13.1. The summed E-state index contributed by atoms with van der Waals surface area (Å²) in [6, 6.07) is 17.4. The average molecular weight is 453 g/mol. The second-order valence-electron chi connectivity index (χ2n) is 7.29. The summed E-state index contributed by atoms with van der Waals surface area (Å²) >= 11 is 0. The lowest BCUT2D eigenvalue weighted by molar-refractivity contribution is -0.117. The van der Waals surface area contributed by atoms with Crippen LogP contribution in [0, 0.1) is 5.82 Å². The summed E-state index contributed by atoms with van der Waals surface area (Å²) in [4.78, 5) is 26.3. The Morgan fingerprint density at radius 2 is 1.69 bits per heavy atom. The van der Waals surface area contributed by atoms with Crippen molar-refractivity contribution in [3.05, 3.63) is 84.2 Å². The number of nitrogens with zero attached hydrogens (tertiary/aromatic N) is 1. The van der Waals surface area contributed by atoms with Crippen molar-refractivity contribution in [3.8, 4) is 0 Å². The molecule has 0 saturated carbocycles. The highest BCUT2D eigenvalue weighted by Crippen LogP contribution is 2.25. The molecular weight excluding hydrogens is 433 g/mol. The average Bonchev–Trinajstić information content (AvgIpc) is 3.21. The SMILES string of the molecule is O=C(Nc1cccc(N2CCCC2=O)c1)c1cccc(S(=O)(=O)Nc2ccc(F)cc2)c1. The summed E-state index contributed by atoms with van der Waals surface area (Å²) < 4.78 is 40.7. The summed E-state index contributed by atoms with van der Waals surface area (Å²) in [5.74, 6) is -0.932. The fourth-order valence-electron chi connectivity index (χ4n) is 3.41. The van der Waals surface area contributed by atoms with Crippen LogP contribution in [-0.4, -0.2) is 26.8 Å². The molecule has 7 nitrogen and oxygen atoms in total. The Bertz CT molecular complexity index is 1280. The first-order valence-electron chi connectivity index (χ1n) is 9.92. The van der Waals surface area contributed by atoms with Gasteiger partial charge < -0.3 is 10.2 Å². The molecule has 2 N–H and O–H groups in total. The van der Waals surface area contributed by atoms with Gasteiger partial charge in [-0.25, -0.2) is 12.8 Å². The van der Waals surface area contributed by atoms with Crippen LogP contribution in [-0.2, 0) is 14.8 Å². The molecule has 32 heavy (non-hydrogen) atoms. The van der Waals surface area contributed by atoms with E-state index in [9.17, 15) is 22.4 Å². The van der Waals surface area contributed by atoms with Crippen molar-refractivity contribution < 1.29 is 22.4 Å². The predicted octanol–water partition coefficient (Wildman–Crippen LogP) is 4.01. The first kappa shape index (κ1) is 21.5. The molecule has 1 aliphatic heterocycles.